The van der Waals surface area contributed by atoms with Crippen LogP contribution in [0.1, 0.15) is 83.1 Å². The fourth-order valence-corrected chi connectivity index (χ4v) is 3.87. The van der Waals surface area contributed by atoms with Crippen LogP contribution in [0.2, 0.25) is 0 Å². The molecule has 0 atom stereocenters. The maximum Gasteiger partial charge on any atom is 0.123 e. The molecule has 22 heavy (non-hydrogen) atoms. The molecule has 0 nitrogen and oxygen atoms in total. The molecule has 2 rings (SSSR count). The summed E-state index contributed by atoms with van der Waals surface area (Å²) in [6.45, 7) is 2.28. The Kier molecular flexibility index (Phi) is 7.98. The van der Waals surface area contributed by atoms with Gasteiger partial charge < -0.3 is 0 Å². The summed E-state index contributed by atoms with van der Waals surface area (Å²) in [6, 6.07) is 7.06. The summed E-state index contributed by atoms with van der Waals surface area (Å²) in [6.07, 6.45) is 16.7. The highest BCUT2D eigenvalue weighted by Gasteiger charge is 2.20. The quantitative estimate of drug-likeness (QED) is 0.434. The Morgan fingerprint density at radius 1 is 0.818 bits per heavy atom. The van der Waals surface area contributed by atoms with E-state index >= 15 is 0 Å². The van der Waals surface area contributed by atoms with Crippen molar-refractivity contribution in [2.24, 2.45) is 11.8 Å². The van der Waals surface area contributed by atoms with Crippen molar-refractivity contribution in [3.8, 4) is 0 Å². The summed E-state index contributed by atoms with van der Waals surface area (Å²) in [5.74, 6) is 1.79. The molecule has 1 aromatic carbocycles. The van der Waals surface area contributed by atoms with Crippen molar-refractivity contribution >= 4 is 0 Å². The van der Waals surface area contributed by atoms with E-state index in [9.17, 15) is 4.39 Å². The number of benzene rings is 1. The van der Waals surface area contributed by atoms with E-state index in [-0.39, 0.29) is 5.82 Å². The summed E-state index contributed by atoms with van der Waals surface area (Å²) in [5, 5.41) is 0. The van der Waals surface area contributed by atoms with Crippen LogP contribution < -0.4 is 0 Å². The largest absolute Gasteiger partial charge is 0.207 e. The molecule has 124 valence electrons. The van der Waals surface area contributed by atoms with Crippen LogP contribution >= 0.6 is 0 Å². The molecule has 1 aliphatic rings. The molecular formula is C21H33F. The van der Waals surface area contributed by atoms with E-state index in [4.69, 9.17) is 0 Å². The molecule has 1 fully saturated rings. The van der Waals surface area contributed by atoms with Crippen molar-refractivity contribution in [1.82, 2.24) is 0 Å². The first-order valence-electron chi connectivity index (χ1n) is 9.52. The van der Waals surface area contributed by atoms with Gasteiger partial charge in [-0.3, -0.25) is 0 Å². The maximum atomic E-state index is 12.9. The van der Waals surface area contributed by atoms with Crippen molar-refractivity contribution in [3.63, 3.8) is 0 Å². The highest BCUT2D eigenvalue weighted by Crippen LogP contribution is 2.34. The average Bonchev–Trinajstić information content (AvgIpc) is 2.55. The summed E-state index contributed by atoms with van der Waals surface area (Å²) < 4.78 is 12.9. The third-order valence-corrected chi connectivity index (χ3v) is 5.44. The zero-order chi connectivity index (χ0) is 15.6. The Bertz CT molecular complexity index is 387. The van der Waals surface area contributed by atoms with E-state index < -0.39 is 0 Å². The van der Waals surface area contributed by atoms with Crippen LogP contribution in [0.5, 0.6) is 0 Å². The number of aryl methyl sites for hydroxylation is 1. The van der Waals surface area contributed by atoms with E-state index in [0.717, 1.165) is 18.3 Å². The van der Waals surface area contributed by atoms with E-state index in [1.807, 2.05) is 12.1 Å². The number of hydrogen-bond acceptors (Lipinski definition) is 0. The van der Waals surface area contributed by atoms with Gasteiger partial charge in [-0.15, -0.1) is 0 Å². The van der Waals surface area contributed by atoms with Gasteiger partial charge >= 0.3 is 0 Å². The van der Waals surface area contributed by atoms with Gasteiger partial charge in [0.15, 0.2) is 0 Å². The van der Waals surface area contributed by atoms with Gasteiger partial charge in [-0.1, -0.05) is 83.3 Å². The molecule has 0 saturated heterocycles. The minimum absolute atomic E-state index is 0.122. The van der Waals surface area contributed by atoms with Crippen molar-refractivity contribution < 1.29 is 4.39 Å². The standard InChI is InChI=1S/C21H33F/c1-2-3-4-5-6-7-18-8-10-19(11-9-18)12-13-20-14-16-21(22)17-15-20/h14-19H,2-13H2,1H3/t18-,19-. The number of unbranched alkanes of at least 4 members (excludes halogenated alkanes) is 4. The van der Waals surface area contributed by atoms with Gasteiger partial charge in [0.1, 0.15) is 5.82 Å². The summed E-state index contributed by atoms with van der Waals surface area (Å²) in [4.78, 5) is 0. The first-order valence-corrected chi connectivity index (χ1v) is 9.52. The van der Waals surface area contributed by atoms with Crippen LogP contribution in [-0.2, 0) is 6.42 Å². The first kappa shape index (κ1) is 17.5. The Morgan fingerprint density at radius 2 is 1.41 bits per heavy atom. The van der Waals surface area contributed by atoms with Crippen molar-refractivity contribution in [3.05, 3.63) is 35.6 Å². The molecule has 1 heteroatoms. The molecule has 0 bridgehead atoms. The molecule has 0 amide bonds. The van der Waals surface area contributed by atoms with Gasteiger partial charge in [-0.05, 0) is 42.4 Å². The predicted molar refractivity (Wildman–Crippen MR) is 93.5 cm³/mol. The third kappa shape index (κ3) is 6.50. The van der Waals surface area contributed by atoms with E-state index in [0.29, 0.717) is 0 Å². The zero-order valence-corrected chi connectivity index (χ0v) is 14.3. The van der Waals surface area contributed by atoms with E-state index in [1.54, 1.807) is 12.1 Å². The molecule has 1 aromatic rings. The fourth-order valence-electron chi connectivity index (χ4n) is 3.87. The molecular weight excluding hydrogens is 271 g/mol. The second-order valence-electron chi connectivity index (χ2n) is 7.25. The lowest BCUT2D eigenvalue weighted by Gasteiger charge is -2.28. The summed E-state index contributed by atoms with van der Waals surface area (Å²) in [7, 11) is 0. The van der Waals surface area contributed by atoms with Gasteiger partial charge in [0, 0.05) is 0 Å². The van der Waals surface area contributed by atoms with Crippen LogP contribution in [0.25, 0.3) is 0 Å². The van der Waals surface area contributed by atoms with Crippen LogP contribution in [0.3, 0.4) is 0 Å². The van der Waals surface area contributed by atoms with Gasteiger partial charge in [0.2, 0.25) is 0 Å². The Morgan fingerprint density at radius 3 is 2.05 bits per heavy atom. The Hall–Kier alpha value is -0.850. The molecule has 0 aromatic heterocycles. The SMILES string of the molecule is CCCCCCC[C@H]1CC[C@H](CCc2ccc(F)cc2)CC1. The lowest BCUT2D eigenvalue weighted by Crippen LogP contribution is -2.15. The van der Waals surface area contributed by atoms with E-state index in [1.165, 1.54) is 76.2 Å². The van der Waals surface area contributed by atoms with Crippen LogP contribution in [0, 0.1) is 17.7 Å². The van der Waals surface area contributed by atoms with Crippen LogP contribution in [0.15, 0.2) is 24.3 Å². The third-order valence-electron chi connectivity index (χ3n) is 5.44. The predicted octanol–water partition coefficient (Wildman–Crippen LogP) is 6.93. The lowest BCUT2D eigenvalue weighted by molar-refractivity contribution is 0.248. The van der Waals surface area contributed by atoms with Gasteiger partial charge in [0.25, 0.3) is 0 Å². The first-order chi connectivity index (χ1) is 10.8. The maximum absolute atomic E-state index is 12.9. The Balaban J connectivity index is 1.56. The molecule has 1 saturated carbocycles. The molecule has 0 spiro atoms. The average molecular weight is 304 g/mol. The molecule has 1 aliphatic carbocycles. The lowest BCUT2D eigenvalue weighted by atomic mass is 9.78. The number of halogens is 1. The summed E-state index contributed by atoms with van der Waals surface area (Å²) >= 11 is 0. The highest BCUT2D eigenvalue weighted by molar-refractivity contribution is 5.16. The topological polar surface area (TPSA) is 0 Å². The molecule has 0 aliphatic heterocycles. The minimum Gasteiger partial charge on any atom is -0.207 e. The summed E-state index contributed by atoms with van der Waals surface area (Å²) in [5.41, 5.74) is 1.29. The smallest absolute Gasteiger partial charge is 0.123 e. The zero-order valence-electron chi connectivity index (χ0n) is 14.3. The van der Waals surface area contributed by atoms with Crippen LogP contribution in [0.4, 0.5) is 4.39 Å². The molecule has 0 N–H and O–H groups in total. The molecule has 0 heterocycles. The van der Waals surface area contributed by atoms with Crippen LogP contribution in [-0.4, -0.2) is 0 Å². The van der Waals surface area contributed by atoms with Gasteiger partial charge in [-0.2, -0.15) is 0 Å². The van der Waals surface area contributed by atoms with Gasteiger partial charge in [0.05, 0.1) is 0 Å². The highest BCUT2D eigenvalue weighted by atomic mass is 19.1. The normalized spacial score (nSPS) is 21.9. The van der Waals surface area contributed by atoms with Crippen molar-refractivity contribution in [1.29, 1.82) is 0 Å². The number of hydrogen-bond donors (Lipinski definition) is 0. The van der Waals surface area contributed by atoms with Crippen molar-refractivity contribution in [2.75, 3.05) is 0 Å². The van der Waals surface area contributed by atoms with E-state index in [2.05, 4.69) is 6.92 Å². The fraction of sp³-hybridized carbons (Fsp3) is 0.714. The minimum atomic E-state index is -0.122. The van der Waals surface area contributed by atoms with Crippen molar-refractivity contribution in [2.45, 2.75) is 84.0 Å². The molecule has 0 radical (unpaired) electrons. The van der Waals surface area contributed by atoms with Gasteiger partial charge in [-0.25, -0.2) is 4.39 Å². The number of rotatable bonds is 9. The molecule has 0 unspecified atom stereocenters. The monoisotopic (exact) mass is 304 g/mol. The Labute approximate surface area is 136 Å². The second-order valence-corrected chi connectivity index (χ2v) is 7.25. The second kappa shape index (κ2) is 10.0.